The highest BCUT2D eigenvalue weighted by Gasteiger charge is 2.20. The third-order valence-corrected chi connectivity index (χ3v) is 3.80. The second-order valence-corrected chi connectivity index (χ2v) is 5.66. The number of hydrogen-bond acceptors (Lipinski definition) is 4. The SMILES string of the molecule is CCOC(=O)CCCNC(=O)c1c(C)nn(-c2ccc(F)cc2)c1Cl. The Balaban J connectivity index is 2.03. The van der Waals surface area contributed by atoms with Crippen LogP contribution in [0.2, 0.25) is 5.15 Å². The van der Waals surface area contributed by atoms with Crippen molar-refractivity contribution in [2.45, 2.75) is 26.7 Å². The van der Waals surface area contributed by atoms with Crippen LogP contribution in [0.3, 0.4) is 0 Å². The molecule has 1 N–H and O–H groups in total. The molecule has 0 aliphatic rings. The molecule has 0 aliphatic carbocycles. The van der Waals surface area contributed by atoms with E-state index in [1.54, 1.807) is 13.8 Å². The van der Waals surface area contributed by atoms with Crippen molar-refractivity contribution < 1.29 is 18.7 Å². The number of nitrogens with one attached hydrogen (secondary N) is 1. The van der Waals surface area contributed by atoms with Gasteiger partial charge in [-0.25, -0.2) is 9.07 Å². The van der Waals surface area contributed by atoms with Crippen molar-refractivity contribution >= 4 is 23.5 Å². The zero-order valence-corrected chi connectivity index (χ0v) is 14.8. The highest BCUT2D eigenvalue weighted by molar-refractivity contribution is 6.33. The fraction of sp³-hybridized carbons (Fsp3) is 0.353. The van der Waals surface area contributed by atoms with Crippen molar-refractivity contribution in [1.82, 2.24) is 15.1 Å². The van der Waals surface area contributed by atoms with Gasteiger partial charge in [-0.15, -0.1) is 0 Å². The zero-order chi connectivity index (χ0) is 18.4. The Morgan fingerprint density at radius 3 is 2.64 bits per heavy atom. The molecule has 134 valence electrons. The van der Waals surface area contributed by atoms with Gasteiger partial charge in [0.15, 0.2) is 0 Å². The molecule has 6 nitrogen and oxygen atoms in total. The maximum absolute atomic E-state index is 13.0. The lowest BCUT2D eigenvalue weighted by molar-refractivity contribution is -0.143. The number of hydrogen-bond donors (Lipinski definition) is 1. The van der Waals surface area contributed by atoms with Crippen LogP contribution in [0.25, 0.3) is 5.69 Å². The Hall–Kier alpha value is -2.41. The van der Waals surface area contributed by atoms with E-state index in [1.165, 1.54) is 28.9 Å². The van der Waals surface area contributed by atoms with Crippen LogP contribution in [0.4, 0.5) is 4.39 Å². The lowest BCUT2D eigenvalue weighted by Crippen LogP contribution is -2.25. The summed E-state index contributed by atoms with van der Waals surface area (Å²) >= 11 is 6.28. The average molecular weight is 368 g/mol. The fourth-order valence-electron chi connectivity index (χ4n) is 2.27. The van der Waals surface area contributed by atoms with E-state index in [-0.39, 0.29) is 34.8 Å². The van der Waals surface area contributed by atoms with E-state index in [9.17, 15) is 14.0 Å². The summed E-state index contributed by atoms with van der Waals surface area (Å²) in [6, 6.07) is 5.62. The molecule has 0 spiro atoms. The molecule has 25 heavy (non-hydrogen) atoms. The number of nitrogens with zero attached hydrogens (tertiary/aromatic N) is 2. The fourth-order valence-corrected chi connectivity index (χ4v) is 2.62. The summed E-state index contributed by atoms with van der Waals surface area (Å²) in [6.45, 7) is 4.06. The molecule has 0 saturated heterocycles. The first kappa shape index (κ1) is 18.9. The first-order chi connectivity index (χ1) is 11.9. The molecule has 0 bridgehead atoms. The number of aryl methyl sites for hydroxylation is 1. The maximum atomic E-state index is 13.0. The number of amides is 1. The van der Waals surface area contributed by atoms with Crippen molar-refractivity contribution in [2.75, 3.05) is 13.2 Å². The molecule has 2 aromatic rings. The summed E-state index contributed by atoms with van der Waals surface area (Å²) in [6.07, 6.45) is 0.697. The molecular formula is C17H19ClFN3O3. The van der Waals surface area contributed by atoms with Crippen molar-refractivity contribution in [3.63, 3.8) is 0 Å². The van der Waals surface area contributed by atoms with Gasteiger partial charge in [-0.3, -0.25) is 9.59 Å². The number of rotatable bonds is 7. The largest absolute Gasteiger partial charge is 0.466 e. The molecule has 0 atom stereocenters. The van der Waals surface area contributed by atoms with E-state index in [4.69, 9.17) is 16.3 Å². The summed E-state index contributed by atoms with van der Waals surface area (Å²) in [5.41, 5.74) is 1.26. The predicted octanol–water partition coefficient (Wildman–Crippen LogP) is 3.05. The summed E-state index contributed by atoms with van der Waals surface area (Å²) in [7, 11) is 0. The summed E-state index contributed by atoms with van der Waals surface area (Å²) in [4.78, 5) is 23.6. The monoisotopic (exact) mass is 367 g/mol. The van der Waals surface area contributed by atoms with Gasteiger partial charge in [-0.05, 0) is 44.5 Å². The Morgan fingerprint density at radius 1 is 1.32 bits per heavy atom. The Kier molecular flexibility index (Phi) is 6.52. The van der Waals surface area contributed by atoms with E-state index in [0.717, 1.165) is 0 Å². The van der Waals surface area contributed by atoms with Gasteiger partial charge in [-0.1, -0.05) is 11.6 Å². The van der Waals surface area contributed by atoms with E-state index in [2.05, 4.69) is 10.4 Å². The predicted molar refractivity (Wildman–Crippen MR) is 91.5 cm³/mol. The summed E-state index contributed by atoms with van der Waals surface area (Å²) in [5.74, 6) is -1.04. The minimum Gasteiger partial charge on any atom is -0.466 e. The molecular weight excluding hydrogens is 349 g/mol. The Labute approximate surface area is 149 Å². The van der Waals surface area contributed by atoms with Crippen LogP contribution < -0.4 is 5.32 Å². The molecule has 8 heteroatoms. The maximum Gasteiger partial charge on any atom is 0.305 e. The number of esters is 1. The van der Waals surface area contributed by atoms with Crippen LogP contribution in [0.15, 0.2) is 24.3 Å². The number of halogens is 2. The zero-order valence-electron chi connectivity index (χ0n) is 14.0. The number of carbonyl (C=O) groups excluding carboxylic acids is 2. The van der Waals surface area contributed by atoms with Gasteiger partial charge in [0, 0.05) is 13.0 Å². The summed E-state index contributed by atoms with van der Waals surface area (Å²) in [5, 5.41) is 7.09. The Bertz CT molecular complexity index is 759. The second kappa shape index (κ2) is 8.62. The topological polar surface area (TPSA) is 73.2 Å². The van der Waals surface area contributed by atoms with Crippen LogP contribution in [-0.2, 0) is 9.53 Å². The average Bonchev–Trinajstić information content (AvgIpc) is 2.87. The van der Waals surface area contributed by atoms with Gasteiger partial charge in [0.2, 0.25) is 0 Å². The Morgan fingerprint density at radius 2 is 2.00 bits per heavy atom. The number of ether oxygens (including phenoxy) is 1. The van der Waals surface area contributed by atoms with Crippen molar-refractivity contribution in [3.05, 3.63) is 46.5 Å². The number of aromatic nitrogens is 2. The normalized spacial score (nSPS) is 10.6. The highest BCUT2D eigenvalue weighted by atomic mass is 35.5. The third-order valence-electron chi connectivity index (χ3n) is 3.45. The lowest BCUT2D eigenvalue weighted by atomic mass is 10.2. The van der Waals surface area contributed by atoms with E-state index in [0.29, 0.717) is 31.0 Å². The molecule has 0 unspecified atom stereocenters. The molecule has 0 saturated carbocycles. The quantitative estimate of drug-likeness (QED) is 0.603. The van der Waals surface area contributed by atoms with Crippen LogP contribution in [0.1, 0.15) is 35.8 Å². The minimum atomic E-state index is -0.375. The molecule has 2 rings (SSSR count). The lowest BCUT2D eigenvalue weighted by Gasteiger charge is -2.06. The van der Waals surface area contributed by atoms with Crippen LogP contribution in [-0.4, -0.2) is 34.8 Å². The van der Waals surface area contributed by atoms with Gasteiger partial charge in [0.1, 0.15) is 11.0 Å². The van der Waals surface area contributed by atoms with E-state index in [1.807, 2.05) is 0 Å². The van der Waals surface area contributed by atoms with E-state index >= 15 is 0 Å². The first-order valence-electron chi connectivity index (χ1n) is 7.89. The smallest absolute Gasteiger partial charge is 0.305 e. The number of benzene rings is 1. The third kappa shape index (κ3) is 4.79. The van der Waals surface area contributed by atoms with Gasteiger partial charge < -0.3 is 10.1 Å². The second-order valence-electron chi connectivity index (χ2n) is 5.30. The van der Waals surface area contributed by atoms with Crippen LogP contribution in [0, 0.1) is 12.7 Å². The first-order valence-corrected chi connectivity index (χ1v) is 8.26. The van der Waals surface area contributed by atoms with Gasteiger partial charge >= 0.3 is 5.97 Å². The molecule has 1 heterocycles. The van der Waals surface area contributed by atoms with E-state index < -0.39 is 0 Å². The molecule has 0 aliphatic heterocycles. The molecule has 0 fully saturated rings. The van der Waals surface area contributed by atoms with Crippen LogP contribution >= 0.6 is 11.6 Å². The van der Waals surface area contributed by atoms with Crippen molar-refractivity contribution in [1.29, 1.82) is 0 Å². The van der Waals surface area contributed by atoms with Gasteiger partial charge in [0.05, 0.1) is 23.6 Å². The molecule has 1 aromatic carbocycles. The van der Waals surface area contributed by atoms with Crippen LogP contribution in [0.5, 0.6) is 0 Å². The number of carbonyl (C=O) groups is 2. The molecule has 1 amide bonds. The minimum absolute atomic E-state index is 0.145. The highest BCUT2D eigenvalue weighted by Crippen LogP contribution is 2.23. The van der Waals surface area contributed by atoms with Crippen molar-refractivity contribution in [2.24, 2.45) is 0 Å². The standard InChI is InChI=1S/C17H19ClFN3O3/c1-3-25-14(23)5-4-10-20-17(24)15-11(2)21-22(16(15)18)13-8-6-12(19)7-9-13/h6-9H,3-5,10H2,1-2H3,(H,20,24). The van der Waals surface area contributed by atoms with Gasteiger partial charge in [0.25, 0.3) is 5.91 Å². The summed E-state index contributed by atoms with van der Waals surface area (Å²) < 4.78 is 19.2. The van der Waals surface area contributed by atoms with Gasteiger partial charge in [-0.2, -0.15) is 5.10 Å². The van der Waals surface area contributed by atoms with Crippen molar-refractivity contribution in [3.8, 4) is 5.69 Å². The molecule has 0 radical (unpaired) electrons. The molecule has 1 aromatic heterocycles.